The molecule has 1 saturated carbocycles. The van der Waals surface area contributed by atoms with Gasteiger partial charge in [0.2, 0.25) is 0 Å². The summed E-state index contributed by atoms with van der Waals surface area (Å²) in [7, 11) is 0. The average Bonchev–Trinajstić information content (AvgIpc) is 3.56. The van der Waals surface area contributed by atoms with Gasteiger partial charge in [-0.2, -0.15) is 0 Å². The van der Waals surface area contributed by atoms with Crippen molar-refractivity contribution in [2.45, 2.75) is 50.7 Å². The van der Waals surface area contributed by atoms with Crippen LogP contribution in [0.4, 0.5) is 0 Å². The van der Waals surface area contributed by atoms with Crippen LogP contribution in [0.2, 0.25) is 0 Å². The smallest absolute Gasteiger partial charge is 0.305 e. The lowest BCUT2D eigenvalue weighted by Gasteiger charge is -2.17. The van der Waals surface area contributed by atoms with Crippen molar-refractivity contribution in [3.8, 4) is 11.1 Å². The maximum absolute atomic E-state index is 10.8. The normalized spacial score (nSPS) is 16.0. The van der Waals surface area contributed by atoms with Crippen molar-refractivity contribution in [1.29, 1.82) is 0 Å². The summed E-state index contributed by atoms with van der Waals surface area (Å²) in [5.74, 6) is -0.678. The van der Waals surface area contributed by atoms with Crippen molar-refractivity contribution in [2.24, 2.45) is 0 Å². The largest absolute Gasteiger partial charge is 0.481 e. The molecule has 0 amide bonds. The van der Waals surface area contributed by atoms with E-state index in [1.807, 2.05) is 24.3 Å². The van der Waals surface area contributed by atoms with Crippen LogP contribution in [0.25, 0.3) is 28.1 Å². The molecule has 1 aliphatic rings. The first-order valence-electron chi connectivity index (χ1n) is 10.7. The van der Waals surface area contributed by atoms with Gasteiger partial charge in [0.1, 0.15) is 0 Å². The number of carboxylic acid groups (broad SMARTS) is 1. The molecule has 2 aromatic carbocycles. The SMILES string of the molecule is Cc1ccc2nc(C3CC3)c(/C=C/C(O)CC(O)CC(=O)O)c(-c3ccccc3)c2c1. The number of aliphatic carboxylic acids is 1. The Morgan fingerprint density at radius 2 is 1.90 bits per heavy atom. The Morgan fingerprint density at radius 3 is 2.58 bits per heavy atom. The highest BCUT2D eigenvalue weighted by Gasteiger charge is 2.29. The predicted molar refractivity (Wildman–Crippen MR) is 122 cm³/mol. The van der Waals surface area contributed by atoms with Gasteiger partial charge in [-0.1, -0.05) is 54.1 Å². The second kappa shape index (κ2) is 9.00. The number of carboxylic acids is 1. The van der Waals surface area contributed by atoms with Crippen LogP contribution < -0.4 is 0 Å². The highest BCUT2D eigenvalue weighted by atomic mass is 16.4. The number of aryl methyl sites for hydroxylation is 1. The first-order chi connectivity index (χ1) is 14.9. The minimum Gasteiger partial charge on any atom is -0.481 e. The van der Waals surface area contributed by atoms with Gasteiger partial charge in [-0.15, -0.1) is 0 Å². The van der Waals surface area contributed by atoms with Crippen LogP contribution in [0.15, 0.2) is 54.6 Å². The molecular formula is C26H27NO4. The Balaban J connectivity index is 1.81. The zero-order chi connectivity index (χ0) is 22.0. The van der Waals surface area contributed by atoms with Gasteiger partial charge in [0.25, 0.3) is 0 Å². The minimum absolute atomic E-state index is 0.0254. The lowest BCUT2D eigenvalue weighted by molar-refractivity contribution is -0.139. The van der Waals surface area contributed by atoms with Crippen LogP contribution in [0.5, 0.6) is 0 Å². The standard InChI is InChI=1S/C26H27NO4/c1-16-7-12-23-22(13-16)25(17-5-3-2-4-6-17)21(26(27-23)18-8-9-18)11-10-19(28)14-20(29)15-24(30)31/h2-7,10-13,18-20,28-29H,8-9,14-15H2,1H3,(H,30,31)/b11-10+. The number of aliphatic hydroxyl groups is 2. The molecule has 0 spiro atoms. The second-order valence-corrected chi connectivity index (χ2v) is 8.36. The van der Waals surface area contributed by atoms with Gasteiger partial charge in [0, 0.05) is 28.9 Å². The van der Waals surface area contributed by atoms with E-state index in [4.69, 9.17) is 10.1 Å². The number of aliphatic hydroxyl groups excluding tert-OH is 2. The van der Waals surface area contributed by atoms with E-state index < -0.39 is 18.2 Å². The summed E-state index contributed by atoms with van der Waals surface area (Å²) < 4.78 is 0. The number of fused-ring (bicyclic) bond motifs is 1. The highest BCUT2D eigenvalue weighted by Crippen LogP contribution is 2.45. The molecule has 31 heavy (non-hydrogen) atoms. The minimum atomic E-state index is -1.09. The predicted octanol–water partition coefficient (Wildman–Crippen LogP) is 4.69. The van der Waals surface area contributed by atoms with Crippen molar-refractivity contribution in [1.82, 2.24) is 4.98 Å². The summed E-state index contributed by atoms with van der Waals surface area (Å²) in [5, 5.41) is 30.1. The summed E-state index contributed by atoms with van der Waals surface area (Å²) in [6.07, 6.45) is 3.28. The Kier molecular flexibility index (Phi) is 6.16. The van der Waals surface area contributed by atoms with Crippen molar-refractivity contribution >= 4 is 22.9 Å². The monoisotopic (exact) mass is 417 g/mol. The van der Waals surface area contributed by atoms with E-state index in [1.54, 1.807) is 6.08 Å². The van der Waals surface area contributed by atoms with Crippen LogP contribution in [0.3, 0.4) is 0 Å². The molecule has 1 aromatic heterocycles. The third-order valence-electron chi connectivity index (χ3n) is 5.64. The number of nitrogens with zero attached hydrogens (tertiary/aromatic N) is 1. The third kappa shape index (κ3) is 5.01. The first-order valence-corrected chi connectivity index (χ1v) is 10.7. The van der Waals surface area contributed by atoms with Gasteiger partial charge < -0.3 is 15.3 Å². The van der Waals surface area contributed by atoms with Gasteiger partial charge in [0.15, 0.2) is 0 Å². The van der Waals surface area contributed by atoms with E-state index in [2.05, 4.69) is 37.3 Å². The number of pyridine rings is 1. The lowest BCUT2D eigenvalue weighted by Crippen LogP contribution is -2.19. The zero-order valence-corrected chi connectivity index (χ0v) is 17.5. The second-order valence-electron chi connectivity index (χ2n) is 8.36. The molecule has 0 bridgehead atoms. The molecule has 2 atom stereocenters. The molecule has 1 aliphatic carbocycles. The number of hydrogen-bond donors (Lipinski definition) is 3. The molecule has 0 saturated heterocycles. The van der Waals surface area contributed by atoms with Gasteiger partial charge >= 0.3 is 5.97 Å². The van der Waals surface area contributed by atoms with Gasteiger partial charge in [0.05, 0.1) is 29.8 Å². The van der Waals surface area contributed by atoms with Crippen LogP contribution in [0.1, 0.15) is 48.4 Å². The van der Waals surface area contributed by atoms with E-state index in [9.17, 15) is 15.0 Å². The van der Waals surface area contributed by atoms with E-state index in [0.717, 1.165) is 51.7 Å². The number of hydrogen-bond acceptors (Lipinski definition) is 4. The number of benzene rings is 2. The van der Waals surface area contributed by atoms with Crippen LogP contribution in [-0.2, 0) is 4.79 Å². The number of rotatable bonds is 8. The van der Waals surface area contributed by atoms with Crippen molar-refractivity contribution in [3.63, 3.8) is 0 Å². The summed E-state index contributed by atoms with van der Waals surface area (Å²) in [6.45, 7) is 2.06. The summed E-state index contributed by atoms with van der Waals surface area (Å²) >= 11 is 0. The first kappa shape index (κ1) is 21.2. The molecule has 3 aromatic rings. The fraction of sp³-hybridized carbons (Fsp3) is 0.308. The molecule has 0 radical (unpaired) electrons. The van der Waals surface area contributed by atoms with Gasteiger partial charge in [-0.3, -0.25) is 9.78 Å². The molecule has 3 N–H and O–H groups in total. The Labute approximate surface area is 181 Å². The third-order valence-corrected chi connectivity index (χ3v) is 5.64. The Hall–Kier alpha value is -3.02. The number of carbonyl (C=O) groups is 1. The zero-order valence-electron chi connectivity index (χ0n) is 17.5. The molecule has 0 aliphatic heterocycles. The molecule has 5 nitrogen and oxygen atoms in total. The van der Waals surface area contributed by atoms with Gasteiger partial charge in [-0.05, 0) is 37.5 Å². The number of aromatic nitrogens is 1. The lowest BCUT2D eigenvalue weighted by atomic mass is 9.91. The molecule has 4 rings (SSSR count). The van der Waals surface area contributed by atoms with E-state index in [-0.39, 0.29) is 12.8 Å². The van der Waals surface area contributed by atoms with Crippen molar-refractivity contribution in [2.75, 3.05) is 0 Å². The quantitative estimate of drug-likeness (QED) is 0.495. The van der Waals surface area contributed by atoms with Crippen molar-refractivity contribution in [3.05, 3.63) is 71.4 Å². The molecule has 160 valence electrons. The fourth-order valence-corrected chi connectivity index (χ4v) is 4.01. The maximum atomic E-state index is 10.8. The van der Waals surface area contributed by atoms with Crippen molar-refractivity contribution < 1.29 is 20.1 Å². The topological polar surface area (TPSA) is 90.7 Å². The maximum Gasteiger partial charge on any atom is 0.305 e. The summed E-state index contributed by atoms with van der Waals surface area (Å²) in [5.41, 5.74) is 6.30. The molecule has 1 heterocycles. The van der Waals surface area contributed by atoms with E-state index in [0.29, 0.717) is 5.92 Å². The van der Waals surface area contributed by atoms with Crippen LogP contribution in [-0.4, -0.2) is 38.5 Å². The highest BCUT2D eigenvalue weighted by molar-refractivity contribution is 5.99. The average molecular weight is 418 g/mol. The van der Waals surface area contributed by atoms with Crippen LogP contribution >= 0.6 is 0 Å². The summed E-state index contributed by atoms with van der Waals surface area (Å²) in [4.78, 5) is 15.8. The molecule has 2 unspecified atom stereocenters. The molecule has 1 fully saturated rings. The Morgan fingerprint density at radius 1 is 1.16 bits per heavy atom. The molecular weight excluding hydrogens is 390 g/mol. The summed E-state index contributed by atoms with van der Waals surface area (Å²) in [6, 6.07) is 16.5. The molecule has 5 heteroatoms. The van der Waals surface area contributed by atoms with E-state index in [1.165, 1.54) is 0 Å². The van der Waals surface area contributed by atoms with Crippen LogP contribution in [0, 0.1) is 6.92 Å². The Bertz CT molecular complexity index is 1120. The van der Waals surface area contributed by atoms with E-state index >= 15 is 0 Å². The van der Waals surface area contributed by atoms with Gasteiger partial charge in [-0.25, -0.2) is 0 Å². The fourth-order valence-electron chi connectivity index (χ4n) is 4.01.